The molecule has 10 atom stereocenters. The summed E-state index contributed by atoms with van der Waals surface area (Å²) in [5, 5.41) is 10.4. The predicted octanol–water partition coefficient (Wildman–Crippen LogP) is 14.2. The predicted molar refractivity (Wildman–Crippen MR) is 203 cm³/mol. The first-order chi connectivity index (χ1) is 22.5. The lowest BCUT2D eigenvalue weighted by Crippen LogP contribution is -2.54. The molecule has 6 unspecified atom stereocenters. The maximum absolute atomic E-state index is 12.6. The van der Waals surface area contributed by atoms with Gasteiger partial charge in [-0.3, -0.25) is 4.79 Å². The van der Waals surface area contributed by atoms with E-state index in [0.717, 1.165) is 60.2 Å². The van der Waals surface area contributed by atoms with Crippen LogP contribution in [0.4, 0.5) is 0 Å². The van der Waals surface area contributed by atoms with E-state index in [9.17, 15) is 9.90 Å². The van der Waals surface area contributed by atoms with Crippen molar-refractivity contribution in [1.29, 1.82) is 0 Å². The van der Waals surface area contributed by atoms with Crippen LogP contribution in [-0.4, -0.2) is 11.1 Å². The van der Waals surface area contributed by atoms with Gasteiger partial charge in [-0.15, -0.1) is 0 Å². The van der Waals surface area contributed by atoms with E-state index in [0.29, 0.717) is 16.7 Å². The highest BCUT2D eigenvalue weighted by atomic mass is 16.4. The van der Waals surface area contributed by atoms with Gasteiger partial charge < -0.3 is 5.11 Å². The summed E-state index contributed by atoms with van der Waals surface area (Å²) < 4.78 is 0. The lowest BCUT2D eigenvalue weighted by atomic mass is 9.43. The minimum atomic E-state index is -0.492. The van der Waals surface area contributed by atoms with Crippen LogP contribution in [0.15, 0.2) is 0 Å². The van der Waals surface area contributed by atoms with Crippen molar-refractivity contribution in [1.82, 2.24) is 0 Å². The summed E-state index contributed by atoms with van der Waals surface area (Å²) in [7, 11) is 0. The molecule has 274 valence electrons. The maximum Gasteiger partial charge on any atom is 0.306 e. The largest absolute Gasteiger partial charge is 0.481 e. The number of fused-ring (bicyclic) bond motifs is 5. The van der Waals surface area contributed by atoms with Gasteiger partial charge >= 0.3 is 5.97 Å². The summed E-state index contributed by atoms with van der Waals surface area (Å²) in [5.41, 5.74) is 1.03. The second-order valence-electron chi connectivity index (χ2n) is 19.5. The third kappa shape index (κ3) is 10.3. The van der Waals surface area contributed by atoms with Crippen molar-refractivity contribution in [3.63, 3.8) is 0 Å². The number of hydrogen-bond donors (Lipinski definition) is 1. The number of carboxylic acid groups (broad SMARTS) is 1. The standard InChI is InChI=1S/C45H82O2/c1-33(2)20-17-15-13-11-9-8-10-12-14-16-18-23-38(43(46)47)36-28-30-44(6)37(32-36)24-25-39-41-27-26-40(35(5)22-19-21-34(3)4)45(41,7)31-29-42(39)44/h33-42H,8-32H2,1-7H3,(H,46,47)/t35-,36?,37?,38?,39?,40-,41?,42?,44+,45-/m1/s1. The van der Waals surface area contributed by atoms with Crippen LogP contribution in [0.3, 0.4) is 0 Å². The van der Waals surface area contributed by atoms with Gasteiger partial charge in [-0.05, 0) is 128 Å². The molecule has 0 heterocycles. The first-order valence-corrected chi connectivity index (χ1v) is 21.7. The molecule has 1 N–H and O–H groups in total. The summed E-state index contributed by atoms with van der Waals surface area (Å²) in [4.78, 5) is 12.6. The average Bonchev–Trinajstić information content (AvgIpc) is 3.38. The number of aliphatic carboxylic acids is 1. The number of rotatable bonds is 21. The Morgan fingerprint density at radius 2 is 1.13 bits per heavy atom. The van der Waals surface area contributed by atoms with Gasteiger partial charge in [-0.2, -0.15) is 0 Å². The van der Waals surface area contributed by atoms with E-state index in [1.54, 1.807) is 0 Å². The van der Waals surface area contributed by atoms with Gasteiger partial charge in [-0.1, -0.05) is 145 Å². The molecule has 0 radical (unpaired) electrons. The maximum atomic E-state index is 12.6. The van der Waals surface area contributed by atoms with Crippen LogP contribution >= 0.6 is 0 Å². The van der Waals surface area contributed by atoms with Crippen LogP contribution < -0.4 is 0 Å². The van der Waals surface area contributed by atoms with E-state index in [4.69, 9.17) is 0 Å². The Balaban J connectivity index is 1.18. The molecule has 4 aliphatic carbocycles. The lowest BCUT2D eigenvalue weighted by Gasteiger charge is -2.61. The van der Waals surface area contributed by atoms with Gasteiger partial charge in [0.15, 0.2) is 0 Å². The highest BCUT2D eigenvalue weighted by molar-refractivity contribution is 5.70. The second-order valence-corrected chi connectivity index (χ2v) is 19.5. The van der Waals surface area contributed by atoms with E-state index in [1.165, 1.54) is 148 Å². The third-order valence-electron chi connectivity index (χ3n) is 15.6. The first-order valence-electron chi connectivity index (χ1n) is 21.7. The molecule has 4 rings (SSSR count). The smallest absolute Gasteiger partial charge is 0.306 e. The van der Waals surface area contributed by atoms with Gasteiger partial charge in [0.2, 0.25) is 0 Å². The summed E-state index contributed by atoms with van der Waals surface area (Å²) in [6.45, 7) is 17.4. The van der Waals surface area contributed by atoms with Gasteiger partial charge in [0, 0.05) is 0 Å². The molecule has 0 bridgehead atoms. The SMILES string of the molecule is CC(C)CCCCCCCCCCCCCC(C(=O)O)C1CC[C@@]2(C)C(CCC3C2CC[C@@]2(C)C3CC[C@@H]2[C@H](C)CCCC(C)C)C1. The molecule has 4 aliphatic rings. The quantitative estimate of drug-likeness (QED) is 0.125. The highest BCUT2D eigenvalue weighted by Crippen LogP contribution is 2.69. The molecular formula is C45H82O2. The van der Waals surface area contributed by atoms with E-state index in [-0.39, 0.29) is 5.92 Å². The van der Waals surface area contributed by atoms with Crippen LogP contribution in [0.5, 0.6) is 0 Å². The van der Waals surface area contributed by atoms with Gasteiger partial charge in [0.25, 0.3) is 0 Å². The number of unbranched alkanes of at least 4 members (excludes halogenated alkanes) is 10. The Bertz CT molecular complexity index is 908. The summed E-state index contributed by atoms with van der Waals surface area (Å²) in [6.07, 6.45) is 33.7. The molecule has 4 fully saturated rings. The van der Waals surface area contributed by atoms with Crippen molar-refractivity contribution >= 4 is 5.97 Å². The topological polar surface area (TPSA) is 37.3 Å². The lowest BCUT2D eigenvalue weighted by molar-refractivity contribution is -0.150. The molecule has 0 aliphatic heterocycles. The van der Waals surface area contributed by atoms with Crippen LogP contribution in [0, 0.1) is 70.0 Å². The Kier molecular flexibility index (Phi) is 15.6. The van der Waals surface area contributed by atoms with Crippen LogP contribution in [-0.2, 0) is 4.79 Å². The molecule has 2 heteroatoms. The molecular weight excluding hydrogens is 572 g/mol. The van der Waals surface area contributed by atoms with Gasteiger partial charge in [-0.25, -0.2) is 0 Å². The van der Waals surface area contributed by atoms with Crippen molar-refractivity contribution in [3.8, 4) is 0 Å². The van der Waals surface area contributed by atoms with Gasteiger partial charge in [0.1, 0.15) is 0 Å². The monoisotopic (exact) mass is 655 g/mol. The number of carboxylic acids is 1. The molecule has 0 aromatic rings. The number of hydrogen-bond acceptors (Lipinski definition) is 1. The normalized spacial score (nSPS) is 35.0. The fourth-order valence-corrected chi connectivity index (χ4v) is 12.7. The fourth-order valence-electron chi connectivity index (χ4n) is 12.7. The van der Waals surface area contributed by atoms with E-state index < -0.39 is 5.97 Å². The Morgan fingerprint density at radius 3 is 1.72 bits per heavy atom. The molecule has 47 heavy (non-hydrogen) atoms. The van der Waals surface area contributed by atoms with Crippen molar-refractivity contribution in [2.45, 2.75) is 209 Å². The van der Waals surface area contributed by atoms with E-state index in [2.05, 4.69) is 48.5 Å². The summed E-state index contributed by atoms with van der Waals surface area (Å²) in [6, 6.07) is 0. The number of carbonyl (C=O) groups is 1. The van der Waals surface area contributed by atoms with Crippen molar-refractivity contribution in [3.05, 3.63) is 0 Å². The van der Waals surface area contributed by atoms with Crippen LogP contribution in [0.2, 0.25) is 0 Å². The molecule has 0 saturated heterocycles. The zero-order valence-corrected chi connectivity index (χ0v) is 32.8. The van der Waals surface area contributed by atoms with Crippen molar-refractivity contribution in [2.75, 3.05) is 0 Å². The van der Waals surface area contributed by atoms with Crippen LogP contribution in [0.25, 0.3) is 0 Å². The van der Waals surface area contributed by atoms with E-state index in [1.807, 2.05) is 0 Å². The minimum Gasteiger partial charge on any atom is -0.481 e. The molecule has 4 saturated carbocycles. The zero-order chi connectivity index (χ0) is 34.0. The highest BCUT2D eigenvalue weighted by Gasteiger charge is 2.60. The molecule has 0 amide bonds. The second kappa shape index (κ2) is 18.6. The molecule has 2 nitrogen and oxygen atoms in total. The van der Waals surface area contributed by atoms with Crippen molar-refractivity contribution < 1.29 is 9.90 Å². The van der Waals surface area contributed by atoms with Crippen molar-refractivity contribution in [2.24, 2.45) is 70.0 Å². The molecule has 0 aromatic carbocycles. The summed E-state index contributed by atoms with van der Waals surface area (Å²) >= 11 is 0. The average molecular weight is 655 g/mol. The van der Waals surface area contributed by atoms with E-state index >= 15 is 0 Å². The minimum absolute atomic E-state index is 0.101. The third-order valence-corrected chi connectivity index (χ3v) is 15.6. The van der Waals surface area contributed by atoms with Gasteiger partial charge in [0.05, 0.1) is 5.92 Å². The molecule has 0 aromatic heterocycles. The Hall–Kier alpha value is -0.530. The first kappa shape index (κ1) is 39.3. The Labute approximate surface area is 294 Å². The summed E-state index contributed by atoms with van der Waals surface area (Å²) in [5.74, 6) is 6.87. The molecule has 0 spiro atoms. The van der Waals surface area contributed by atoms with Crippen LogP contribution in [0.1, 0.15) is 209 Å². The zero-order valence-electron chi connectivity index (χ0n) is 32.8. The fraction of sp³-hybridized carbons (Fsp3) is 0.978. The Morgan fingerprint density at radius 1 is 0.596 bits per heavy atom.